The van der Waals surface area contributed by atoms with Gasteiger partial charge in [-0.3, -0.25) is 0 Å². The molecular weight excluding hydrogens is 270 g/mol. The Labute approximate surface area is 111 Å². The molecule has 1 fully saturated rings. The Morgan fingerprint density at radius 1 is 1.58 bits per heavy atom. The Hall–Kier alpha value is -1.34. The molecule has 1 aromatic rings. The number of carboxylic acids is 1. The number of sulfone groups is 1. The molecule has 19 heavy (non-hydrogen) atoms. The van der Waals surface area contributed by atoms with E-state index < -0.39 is 15.8 Å². The lowest BCUT2D eigenvalue weighted by atomic mass is 10.2. The van der Waals surface area contributed by atoms with E-state index >= 15 is 0 Å². The van der Waals surface area contributed by atoms with Crippen LogP contribution >= 0.6 is 0 Å². The van der Waals surface area contributed by atoms with E-state index in [4.69, 9.17) is 9.52 Å². The van der Waals surface area contributed by atoms with Crippen LogP contribution in [0.2, 0.25) is 0 Å². The predicted octanol–water partition coefficient (Wildman–Crippen LogP) is 0.953. The molecule has 1 unspecified atom stereocenters. The van der Waals surface area contributed by atoms with Gasteiger partial charge in [-0.1, -0.05) is 0 Å². The molecule has 2 N–H and O–H groups in total. The van der Waals surface area contributed by atoms with Crippen LogP contribution in [0.25, 0.3) is 0 Å². The first-order valence-electron chi connectivity index (χ1n) is 6.14. The van der Waals surface area contributed by atoms with Crippen molar-refractivity contribution in [1.29, 1.82) is 0 Å². The van der Waals surface area contributed by atoms with Gasteiger partial charge in [-0.25, -0.2) is 13.2 Å². The summed E-state index contributed by atoms with van der Waals surface area (Å²) in [7, 11) is -2.94. The van der Waals surface area contributed by atoms with Gasteiger partial charge in [-0.15, -0.1) is 0 Å². The smallest absolute Gasteiger partial charge is 0.339 e. The predicted molar refractivity (Wildman–Crippen MR) is 68.9 cm³/mol. The maximum Gasteiger partial charge on any atom is 0.339 e. The first kappa shape index (κ1) is 14.1. The molecule has 1 aromatic heterocycles. The van der Waals surface area contributed by atoms with Crippen molar-refractivity contribution in [3.63, 3.8) is 0 Å². The Morgan fingerprint density at radius 2 is 2.32 bits per heavy atom. The highest BCUT2D eigenvalue weighted by Crippen LogP contribution is 2.16. The van der Waals surface area contributed by atoms with Crippen LogP contribution in [-0.4, -0.2) is 37.0 Å². The normalized spacial score (nSPS) is 22.3. The molecule has 0 spiro atoms. The molecule has 1 atom stereocenters. The fourth-order valence-electron chi connectivity index (χ4n) is 2.27. The largest absolute Gasteiger partial charge is 0.478 e. The summed E-state index contributed by atoms with van der Waals surface area (Å²) in [5.41, 5.74) is 0.146. The molecule has 1 aliphatic rings. The van der Waals surface area contributed by atoms with Gasteiger partial charge < -0.3 is 14.8 Å². The summed E-state index contributed by atoms with van der Waals surface area (Å²) in [6.07, 6.45) is 1.47. The number of hydrogen-bond acceptors (Lipinski definition) is 5. The second-order valence-electron chi connectivity index (χ2n) is 4.82. The maximum absolute atomic E-state index is 11.5. The number of aromatic carboxylic acids is 1. The zero-order valence-electron chi connectivity index (χ0n) is 10.7. The number of hydrogen-bond donors (Lipinski definition) is 2. The minimum Gasteiger partial charge on any atom is -0.478 e. The molecule has 0 aliphatic carbocycles. The minimum atomic E-state index is -2.94. The van der Waals surface area contributed by atoms with Crippen LogP contribution in [-0.2, 0) is 16.4 Å². The van der Waals surface area contributed by atoms with E-state index in [1.807, 2.05) is 0 Å². The zero-order chi connectivity index (χ0) is 14.0. The van der Waals surface area contributed by atoms with Gasteiger partial charge in [0.05, 0.1) is 18.1 Å². The van der Waals surface area contributed by atoms with Crippen LogP contribution in [0, 0.1) is 6.92 Å². The zero-order valence-corrected chi connectivity index (χ0v) is 11.5. The fourth-order valence-corrected chi connectivity index (χ4v) is 3.94. The minimum absolute atomic E-state index is 0.0857. The van der Waals surface area contributed by atoms with Gasteiger partial charge >= 0.3 is 5.97 Å². The maximum atomic E-state index is 11.5. The average Bonchev–Trinajstić information content (AvgIpc) is 2.67. The molecule has 6 nitrogen and oxygen atoms in total. The lowest BCUT2D eigenvalue weighted by Crippen LogP contribution is -2.39. The fraction of sp³-hybridized carbons (Fsp3) is 0.583. The van der Waals surface area contributed by atoms with E-state index in [9.17, 15) is 13.2 Å². The number of aryl methyl sites for hydroxylation is 1. The van der Waals surface area contributed by atoms with Gasteiger partial charge in [-0.05, 0) is 25.8 Å². The summed E-state index contributed by atoms with van der Waals surface area (Å²) < 4.78 is 28.3. The highest BCUT2D eigenvalue weighted by atomic mass is 32.2. The van der Waals surface area contributed by atoms with Crippen molar-refractivity contribution >= 4 is 15.8 Å². The van der Waals surface area contributed by atoms with Crippen molar-refractivity contribution in [2.45, 2.75) is 32.4 Å². The van der Waals surface area contributed by atoms with Gasteiger partial charge in [0, 0.05) is 6.04 Å². The SMILES string of the molecule is Cc1oc(CNC2CCCS(=O)(=O)C2)cc1C(=O)O. The Bertz CT molecular complexity index is 575. The molecule has 1 saturated heterocycles. The molecule has 0 radical (unpaired) electrons. The topological polar surface area (TPSA) is 96.6 Å². The molecule has 2 heterocycles. The van der Waals surface area contributed by atoms with E-state index in [-0.39, 0.29) is 23.1 Å². The summed E-state index contributed by atoms with van der Waals surface area (Å²) in [5, 5.41) is 12.0. The van der Waals surface area contributed by atoms with Crippen LogP contribution in [0.3, 0.4) is 0 Å². The van der Waals surface area contributed by atoms with Crippen molar-refractivity contribution in [2.24, 2.45) is 0 Å². The molecule has 1 aliphatic heterocycles. The first-order chi connectivity index (χ1) is 8.87. The van der Waals surface area contributed by atoms with Gasteiger partial charge in [0.1, 0.15) is 17.1 Å². The lowest BCUT2D eigenvalue weighted by molar-refractivity contribution is 0.0695. The third-order valence-corrected chi connectivity index (χ3v) is 5.05. The summed E-state index contributed by atoms with van der Waals surface area (Å²) in [4.78, 5) is 10.9. The number of carbonyl (C=O) groups is 1. The molecular formula is C12H17NO5S. The summed E-state index contributed by atoms with van der Waals surface area (Å²) in [6, 6.07) is 1.39. The van der Waals surface area contributed by atoms with Crippen LogP contribution in [0.4, 0.5) is 0 Å². The number of carboxylic acid groups (broad SMARTS) is 1. The van der Waals surface area contributed by atoms with Crippen molar-refractivity contribution < 1.29 is 22.7 Å². The summed E-state index contributed by atoms with van der Waals surface area (Å²) in [5.74, 6) is 0.248. The second-order valence-corrected chi connectivity index (χ2v) is 7.05. The molecule has 2 rings (SSSR count). The summed E-state index contributed by atoms with van der Waals surface area (Å²) in [6.45, 7) is 1.94. The molecule has 0 aromatic carbocycles. The van der Waals surface area contributed by atoms with Crippen LogP contribution in [0.5, 0.6) is 0 Å². The lowest BCUT2D eigenvalue weighted by Gasteiger charge is -2.22. The van der Waals surface area contributed by atoms with E-state index in [0.717, 1.165) is 6.42 Å². The second kappa shape index (κ2) is 5.34. The van der Waals surface area contributed by atoms with Gasteiger partial charge in [0.15, 0.2) is 9.84 Å². The molecule has 0 amide bonds. The van der Waals surface area contributed by atoms with E-state index in [0.29, 0.717) is 24.5 Å². The Morgan fingerprint density at radius 3 is 2.89 bits per heavy atom. The third kappa shape index (κ3) is 3.57. The average molecular weight is 287 g/mol. The molecule has 0 saturated carbocycles. The molecule has 106 valence electrons. The molecule has 7 heteroatoms. The third-order valence-electron chi connectivity index (χ3n) is 3.23. The van der Waals surface area contributed by atoms with Gasteiger partial charge in [0.25, 0.3) is 0 Å². The van der Waals surface area contributed by atoms with E-state index in [2.05, 4.69) is 5.32 Å². The quantitative estimate of drug-likeness (QED) is 0.856. The number of furan rings is 1. The first-order valence-corrected chi connectivity index (χ1v) is 7.96. The van der Waals surface area contributed by atoms with Gasteiger partial charge in [-0.2, -0.15) is 0 Å². The number of rotatable bonds is 4. The Kier molecular flexibility index (Phi) is 3.96. The standard InChI is InChI=1S/C12H17NO5S/c1-8-11(12(14)15)5-10(18-8)6-13-9-3-2-4-19(16,17)7-9/h5,9,13H,2-4,6-7H2,1H3,(H,14,15). The van der Waals surface area contributed by atoms with E-state index in [1.54, 1.807) is 6.92 Å². The molecule has 0 bridgehead atoms. The van der Waals surface area contributed by atoms with Crippen molar-refractivity contribution in [2.75, 3.05) is 11.5 Å². The van der Waals surface area contributed by atoms with Crippen molar-refractivity contribution in [3.05, 3.63) is 23.2 Å². The summed E-state index contributed by atoms with van der Waals surface area (Å²) >= 11 is 0. The van der Waals surface area contributed by atoms with Crippen molar-refractivity contribution in [1.82, 2.24) is 5.32 Å². The van der Waals surface area contributed by atoms with Crippen LogP contribution in [0.1, 0.15) is 34.7 Å². The Balaban J connectivity index is 1.95. The van der Waals surface area contributed by atoms with Gasteiger partial charge in [0.2, 0.25) is 0 Å². The monoisotopic (exact) mass is 287 g/mol. The van der Waals surface area contributed by atoms with Crippen LogP contribution < -0.4 is 5.32 Å². The van der Waals surface area contributed by atoms with Crippen molar-refractivity contribution in [3.8, 4) is 0 Å². The van der Waals surface area contributed by atoms with Crippen LogP contribution in [0.15, 0.2) is 10.5 Å². The highest BCUT2D eigenvalue weighted by Gasteiger charge is 2.24. The number of nitrogens with one attached hydrogen (secondary N) is 1. The highest BCUT2D eigenvalue weighted by molar-refractivity contribution is 7.91. The van der Waals surface area contributed by atoms with E-state index in [1.165, 1.54) is 6.07 Å².